The molecular formula is C23H33N6O2+. The molecule has 3 heterocycles. The van der Waals surface area contributed by atoms with Crippen molar-refractivity contribution in [1.82, 2.24) is 25.2 Å². The topological polar surface area (TPSA) is 90.1 Å². The molecule has 1 atom stereocenters. The summed E-state index contributed by atoms with van der Waals surface area (Å²) in [5, 5.41) is 13.7. The van der Waals surface area contributed by atoms with Crippen molar-refractivity contribution in [2.24, 2.45) is 0 Å². The van der Waals surface area contributed by atoms with E-state index in [1.54, 1.807) is 0 Å². The summed E-state index contributed by atoms with van der Waals surface area (Å²) in [6, 6.07) is 7.55. The molecular weight excluding hydrogens is 392 g/mol. The second-order valence-corrected chi connectivity index (χ2v) is 9.36. The summed E-state index contributed by atoms with van der Waals surface area (Å²) in [6.07, 6.45) is 4.74. The molecule has 166 valence electrons. The summed E-state index contributed by atoms with van der Waals surface area (Å²) in [7, 11) is 0. The van der Waals surface area contributed by atoms with E-state index in [9.17, 15) is 4.79 Å². The molecule has 2 N–H and O–H groups in total. The predicted molar refractivity (Wildman–Crippen MR) is 120 cm³/mol. The van der Waals surface area contributed by atoms with Crippen molar-refractivity contribution in [2.45, 2.75) is 65.0 Å². The fourth-order valence-corrected chi connectivity index (χ4v) is 4.54. The Bertz CT molecular complexity index is 1090. The molecule has 1 aromatic carbocycles. The zero-order valence-corrected chi connectivity index (χ0v) is 18.9. The highest BCUT2D eigenvalue weighted by atomic mass is 16.5. The van der Waals surface area contributed by atoms with Crippen LogP contribution in [0.3, 0.4) is 0 Å². The zero-order valence-electron chi connectivity index (χ0n) is 18.9. The molecule has 4 rings (SSSR count). The van der Waals surface area contributed by atoms with Crippen LogP contribution in [0, 0.1) is 0 Å². The number of ether oxygens (including phenoxy) is 1. The van der Waals surface area contributed by atoms with E-state index in [1.165, 1.54) is 17.7 Å². The van der Waals surface area contributed by atoms with Gasteiger partial charge in [-0.05, 0) is 88.1 Å². The maximum atomic E-state index is 13.3. The molecule has 8 nitrogen and oxygen atoms in total. The summed E-state index contributed by atoms with van der Waals surface area (Å²) in [6.45, 7) is 10.8. The van der Waals surface area contributed by atoms with E-state index >= 15 is 0 Å². The minimum Gasteiger partial charge on any atom is -0.494 e. The molecule has 0 spiro atoms. The first-order valence-electron chi connectivity index (χ1n) is 11.3. The molecule has 1 fully saturated rings. The molecule has 0 amide bonds. The van der Waals surface area contributed by atoms with Gasteiger partial charge in [-0.15, -0.1) is 5.10 Å². The quantitative estimate of drug-likeness (QED) is 0.654. The first kappa shape index (κ1) is 21.5. The second-order valence-electron chi connectivity index (χ2n) is 9.36. The number of quaternary nitrogens is 1. The fourth-order valence-electron chi connectivity index (χ4n) is 4.54. The molecule has 0 bridgehead atoms. The Labute approximate surface area is 182 Å². The number of nitrogens with one attached hydrogen (secondary N) is 2. The third-order valence-electron chi connectivity index (χ3n) is 6.01. The van der Waals surface area contributed by atoms with E-state index in [-0.39, 0.29) is 17.1 Å². The van der Waals surface area contributed by atoms with Crippen LogP contribution in [-0.4, -0.2) is 44.9 Å². The lowest BCUT2D eigenvalue weighted by Gasteiger charge is -2.29. The van der Waals surface area contributed by atoms with Crippen molar-refractivity contribution in [1.29, 1.82) is 0 Å². The predicted octanol–water partition coefficient (Wildman–Crippen LogP) is 2.22. The normalized spacial score (nSPS) is 16.9. The van der Waals surface area contributed by atoms with Crippen LogP contribution in [0.25, 0.3) is 10.9 Å². The third kappa shape index (κ3) is 4.49. The number of benzene rings is 1. The van der Waals surface area contributed by atoms with E-state index < -0.39 is 0 Å². The van der Waals surface area contributed by atoms with Crippen LogP contribution >= 0.6 is 0 Å². The Morgan fingerprint density at radius 3 is 2.58 bits per heavy atom. The van der Waals surface area contributed by atoms with Gasteiger partial charge in [0.15, 0.2) is 6.04 Å². The first-order valence-corrected chi connectivity index (χ1v) is 11.3. The highest BCUT2D eigenvalue weighted by molar-refractivity contribution is 5.80. The number of pyridine rings is 1. The number of rotatable bonds is 5. The van der Waals surface area contributed by atoms with Gasteiger partial charge in [-0.25, -0.2) is 4.68 Å². The maximum Gasteiger partial charge on any atom is 0.258 e. The number of likely N-dealkylation sites (tertiary alicyclic amines) is 1. The van der Waals surface area contributed by atoms with Crippen LogP contribution in [0.2, 0.25) is 0 Å². The largest absolute Gasteiger partial charge is 0.494 e. The summed E-state index contributed by atoms with van der Waals surface area (Å²) in [4.78, 5) is 17.7. The number of nitrogens with zero attached hydrogens (tertiary/aromatic N) is 4. The van der Waals surface area contributed by atoms with Crippen LogP contribution in [0.15, 0.2) is 29.1 Å². The van der Waals surface area contributed by atoms with Crippen molar-refractivity contribution < 1.29 is 9.64 Å². The van der Waals surface area contributed by atoms with Gasteiger partial charge in [-0.2, -0.15) is 0 Å². The SMILES string of the molecule is CCOc1ccc2[nH]c(=O)c([C@@H](c3nnnn3C(C)(C)C)[NH+]3CCCCCC3)cc2c1. The molecule has 31 heavy (non-hydrogen) atoms. The van der Waals surface area contributed by atoms with Crippen molar-refractivity contribution in [3.05, 3.63) is 46.0 Å². The number of aromatic amines is 1. The van der Waals surface area contributed by atoms with Gasteiger partial charge < -0.3 is 14.6 Å². The second kappa shape index (κ2) is 8.78. The van der Waals surface area contributed by atoms with Crippen molar-refractivity contribution in [3.63, 3.8) is 0 Å². The fraction of sp³-hybridized carbons (Fsp3) is 0.565. The Balaban J connectivity index is 1.89. The van der Waals surface area contributed by atoms with Gasteiger partial charge in [0.1, 0.15) is 5.75 Å². The molecule has 3 aromatic rings. The minimum absolute atomic E-state index is 0.0816. The number of hydrogen-bond donors (Lipinski definition) is 2. The number of H-pyrrole nitrogens is 1. The lowest BCUT2D eigenvalue weighted by Crippen LogP contribution is -3.12. The van der Waals surface area contributed by atoms with E-state index in [0.717, 1.165) is 48.4 Å². The summed E-state index contributed by atoms with van der Waals surface area (Å²) < 4.78 is 7.55. The third-order valence-corrected chi connectivity index (χ3v) is 6.01. The average Bonchev–Trinajstić information content (AvgIpc) is 3.06. The van der Waals surface area contributed by atoms with E-state index in [0.29, 0.717) is 12.2 Å². The molecule has 1 aliphatic rings. The van der Waals surface area contributed by atoms with Crippen molar-refractivity contribution in [2.75, 3.05) is 19.7 Å². The number of fused-ring (bicyclic) bond motifs is 1. The summed E-state index contributed by atoms with van der Waals surface area (Å²) >= 11 is 0. The van der Waals surface area contributed by atoms with Gasteiger partial charge in [0, 0.05) is 10.9 Å². The van der Waals surface area contributed by atoms with Gasteiger partial charge in [0.2, 0.25) is 5.82 Å². The van der Waals surface area contributed by atoms with Crippen molar-refractivity contribution in [3.8, 4) is 5.75 Å². The molecule has 2 aromatic heterocycles. The lowest BCUT2D eigenvalue weighted by atomic mass is 10.0. The van der Waals surface area contributed by atoms with Crippen molar-refractivity contribution >= 4 is 10.9 Å². The summed E-state index contributed by atoms with van der Waals surface area (Å²) in [5.74, 6) is 1.54. The zero-order chi connectivity index (χ0) is 22.0. The van der Waals surface area contributed by atoms with Gasteiger partial charge >= 0.3 is 0 Å². The smallest absolute Gasteiger partial charge is 0.258 e. The molecule has 1 saturated heterocycles. The van der Waals surface area contributed by atoms with E-state index in [2.05, 4.69) is 41.3 Å². The Morgan fingerprint density at radius 1 is 1.16 bits per heavy atom. The van der Waals surface area contributed by atoms with Gasteiger partial charge in [-0.3, -0.25) is 4.79 Å². The molecule has 8 heteroatoms. The summed E-state index contributed by atoms with van der Waals surface area (Å²) in [5.41, 5.74) is 1.14. The minimum atomic E-state index is -0.284. The first-order chi connectivity index (χ1) is 14.9. The molecule has 0 unspecified atom stereocenters. The van der Waals surface area contributed by atoms with Crippen LogP contribution in [0.5, 0.6) is 5.75 Å². The standard InChI is InChI=1S/C23H32N6O2/c1-5-31-17-10-11-19-16(14-17)15-18(22(30)24-19)20(28-12-8-6-7-9-13-28)21-25-26-27-29(21)23(2,3)4/h10-11,14-15,20H,5-9,12-13H2,1-4H3,(H,24,30)/p+1/t20-/m0/s1. The highest BCUT2D eigenvalue weighted by Crippen LogP contribution is 2.25. The molecule has 0 aliphatic carbocycles. The lowest BCUT2D eigenvalue weighted by molar-refractivity contribution is -0.925. The monoisotopic (exact) mass is 425 g/mol. The number of hydrogen-bond acceptors (Lipinski definition) is 5. The Kier molecular flexibility index (Phi) is 6.09. The molecule has 0 saturated carbocycles. The van der Waals surface area contributed by atoms with E-state index in [4.69, 9.17) is 4.74 Å². The highest BCUT2D eigenvalue weighted by Gasteiger charge is 2.36. The van der Waals surface area contributed by atoms with Gasteiger partial charge in [-0.1, -0.05) is 0 Å². The van der Waals surface area contributed by atoms with Gasteiger partial charge in [0.05, 0.1) is 30.8 Å². The van der Waals surface area contributed by atoms with Gasteiger partial charge in [0.25, 0.3) is 5.56 Å². The van der Waals surface area contributed by atoms with Crippen LogP contribution in [0.4, 0.5) is 0 Å². The van der Waals surface area contributed by atoms with Crippen LogP contribution in [0.1, 0.15) is 70.8 Å². The average molecular weight is 426 g/mol. The Hall–Kier alpha value is -2.74. The molecule has 0 radical (unpaired) electrons. The number of aromatic nitrogens is 5. The molecule has 1 aliphatic heterocycles. The Morgan fingerprint density at radius 2 is 1.90 bits per heavy atom. The van der Waals surface area contributed by atoms with Crippen LogP contribution in [-0.2, 0) is 5.54 Å². The van der Waals surface area contributed by atoms with Crippen LogP contribution < -0.4 is 15.2 Å². The number of tetrazole rings is 1. The maximum absolute atomic E-state index is 13.3. The van der Waals surface area contributed by atoms with E-state index in [1.807, 2.05) is 35.9 Å².